The Morgan fingerprint density at radius 1 is 0.891 bits per heavy atom. The predicted octanol–water partition coefficient (Wildman–Crippen LogP) is 6.66. The van der Waals surface area contributed by atoms with E-state index in [2.05, 4.69) is 28.1 Å². The van der Waals surface area contributed by atoms with Gasteiger partial charge in [-0.25, -0.2) is 9.78 Å². The van der Waals surface area contributed by atoms with Crippen molar-refractivity contribution in [1.82, 2.24) is 4.98 Å². The molecule has 230 valence electrons. The third-order valence-electron chi connectivity index (χ3n) is 10.1. The van der Waals surface area contributed by atoms with Gasteiger partial charge in [-0.1, -0.05) is 40.2 Å². The van der Waals surface area contributed by atoms with Crippen molar-refractivity contribution in [3.8, 4) is 17.0 Å². The summed E-state index contributed by atoms with van der Waals surface area (Å²) in [5.74, 6) is 0.291. The molecule has 0 N–H and O–H groups in total. The fraction of sp³-hybridized carbons (Fsp3) is 0.270. The zero-order valence-corrected chi connectivity index (χ0v) is 26.6. The number of aromatic nitrogens is 1. The number of rotatable bonds is 7. The molecule has 4 aromatic rings. The Kier molecular flexibility index (Phi) is 6.72. The van der Waals surface area contributed by atoms with Crippen LogP contribution in [0.4, 0.5) is 5.69 Å². The van der Waals surface area contributed by atoms with Gasteiger partial charge in [-0.05, 0) is 97.7 Å². The number of carbonyl (C=O) groups excluding carboxylic acids is 4. The maximum Gasteiger partial charge on any atom is 0.339 e. The van der Waals surface area contributed by atoms with Crippen molar-refractivity contribution >= 4 is 56.1 Å². The van der Waals surface area contributed by atoms with Gasteiger partial charge in [-0.15, -0.1) is 0 Å². The first-order valence-electron chi connectivity index (χ1n) is 15.4. The first-order chi connectivity index (χ1) is 22.2. The number of imide groups is 1. The van der Waals surface area contributed by atoms with Crippen molar-refractivity contribution in [2.24, 2.45) is 35.5 Å². The van der Waals surface area contributed by atoms with Crippen LogP contribution < -0.4 is 9.64 Å². The molecule has 46 heavy (non-hydrogen) atoms. The molecule has 2 heterocycles. The molecule has 9 heteroatoms. The summed E-state index contributed by atoms with van der Waals surface area (Å²) in [4.78, 5) is 60.0. The first kappa shape index (κ1) is 28.8. The van der Waals surface area contributed by atoms with Crippen LogP contribution in [0.1, 0.15) is 34.1 Å². The van der Waals surface area contributed by atoms with Crippen LogP contribution in [-0.2, 0) is 14.3 Å². The lowest BCUT2D eigenvalue weighted by Crippen LogP contribution is -2.40. The Morgan fingerprint density at radius 3 is 2.17 bits per heavy atom. The molecule has 4 aliphatic carbocycles. The summed E-state index contributed by atoms with van der Waals surface area (Å²) >= 11 is 3.48. The Morgan fingerprint density at radius 2 is 1.54 bits per heavy atom. The van der Waals surface area contributed by atoms with Gasteiger partial charge in [0.25, 0.3) is 0 Å². The Balaban J connectivity index is 1.07. The van der Waals surface area contributed by atoms with Gasteiger partial charge in [-0.3, -0.25) is 19.3 Å². The lowest BCUT2D eigenvalue weighted by atomic mass is 9.63. The normalized spacial score (nSPS) is 26.1. The number of esters is 1. The topological polar surface area (TPSA) is 103 Å². The molecule has 5 aliphatic rings. The lowest BCUT2D eigenvalue weighted by molar-refractivity contribution is -0.124. The molecule has 3 fully saturated rings. The largest absolute Gasteiger partial charge is 0.497 e. The van der Waals surface area contributed by atoms with Gasteiger partial charge in [0, 0.05) is 21.0 Å². The van der Waals surface area contributed by atoms with Gasteiger partial charge < -0.3 is 9.47 Å². The van der Waals surface area contributed by atoms with Gasteiger partial charge in [0.1, 0.15) is 5.75 Å². The van der Waals surface area contributed by atoms with Crippen LogP contribution in [0.25, 0.3) is 22.2 Å². The summed E-state index contributed by atoms with van der Waals surface area (Å²) in [6.45, 7) is 1.55. The summed E-state index contributed by atoms with van der Waals surface area (Å²) < 4.78 is 11.6. The van der Waals surface area contributed by atoms with Crippen LogP contribution in [0.2, 0.25) is 0 Å². The SMILES string of the molecule is COc1ccc(C(=O)C(C)OC(=O)c2cc(-c3ccc(N4C(=O)C5C6C=CC(C7CC67)C5C4=O)cc3)nc3ccc(Br)cc23)cc1. The summed E-state index contributed by atoms with van der Waals surface area (Å²) in [6.07, 6.45) is 4.42. The molecular weight excluding hydrogens is 648 g/mol. The van der Waals surface area contributed by atoms with Gasteiger partial charge in [-0.2, -0.15) is 0 Å². The zero-order chi connectivity index (χ0) is 31.9. The van der Waals surface area contributed by atoms with Crippen LogP contribution in [0.3, 0.4) is 0 Å². The van der Waals surface area contributed by atoms with Crippen LogP contribution in [0.15, 0.2) is 89.4 Å². The van der Waals surface area contributed by atoms with Crippen molar-refractivity contribution in [3.05, 3.63) is 101 Å². The summed E-state index contributed by atoms with van der Waals surface area (Å²) in [5, 5.41) is 0.570. The van der Waals surface area contributed by atoms with Crippen molar-refractivity contribution in [3.63, 3.8) is 0 Å². The van der Waals surface area contributed by atoms with E-state index in [0.29, 0.717) is 51.0 Å². The monoisotopic (exact) mass is 676 g/mol. The summed E-state index contributed by atoms with van der Waals surface area (Å²) in [7, 11) is 1.55. The highest BCUT2D eigenvalue weighted by Crippen LogP contribution is 2.65. The van der Waals surface area contributed by atoms with Crippen LogP contribution >= 0.6 is 15.9 Å². The van der Waals surface area contributed by atoms with E-state index in [0.717, 1.165) is 10.9 Å². The summed E-state index contributed by atoms with van der Waals surface area (Å²) in [6, 6.07) is 20.8. The van der Waals surface area contributed by atoms with Crippen LogP contribution in [0.5, 0.6) is 5.75 Å². The highest BCUT2D eigenvalue weighted by molar-refractivity contribution is 9.10. The Bertz CT molecular complexity index is 1950. The number of halogens is 1. The second-order valence-corrected chi connectivity index (χ2v) is 13.5. The number of pyridine rings is 1. The number of ketones is 1. The summed E-state index contributed by atoms with van der Waals surface area (Å²) in [5.41, 5.74) is 2.98. The predicted molar refractivity (Wildman–Crippen MR) is 174 cm³/mol. The number of carbonyl (C=O) groups is 4. The van der Waals surface area contributed by atoms with E-state index < -0.39 is 12.1 Å². The molecule has 1 aliphatic heterocycles. The first-order valence-corrected chi connectivity index (χ1v) is 16.2. The van der Waals surface area contributed by atoms with E-state index in [9.17, 15) is 19.2 Å². The minimum Gasteiger partial charge on any atom is -0.497 e. The quantitative estimate of drug-likeness (QED) is 0.0934. The van der Waals surface area contributed by atoms with Crippen molar-refractivity contribution in [2.45, 2.75) is 19.4 Å². The highest BCUT2D eigenvalue weighted by Gasteiger charge is 2.67. The number of hydrogen-bond donors (Lipinski definition) is 0. The number of amides is 2. The number of anilines is 1. The number of hydrogen-bond acceptors (Lipinski definition) is 7. The Labute approximate surface area is 273 Å². The molecule has 7 unspecified atom stereocenters. The smallest absolute Gasteiger partial charge is 0.339 e. The molecule has 2 saturated carbocycles. The fourth-order valence-corrected chi connectivity index (χ4v) is 8.14. The molecular formula is C37H29BrN2O6. The van der Waals surface area contributed by atoms with E-state index >= 15 is 0 Å². The molecule has 2 bridgehead atoms. The van der Waals surface area contributed by atoms with E-state index in [-0.39, 0.29) is 46.8 Å². The fourth-order valence-electron chi connectivity index (χ4n) is 7.78. The second-order valence-electron chi connectivity index (χ2n) is 12.6. The van der Waals surface area contributed by atoms with E-state index in [1.54, 1.807) is 80.8 Å². The number of benzene rings is 3. The third kappa shape index (κ3) is 4.51. The van der Waals surface area contributed by atoms with Gasteiger partial charge in [0.15, 0.2) is 6.10 Å². The number of fused-ring (bicyclic) bond motifs is 1. The maximum atomic E-state index is 13.6. The third-order valence-corrected chi connectivity index (χ3v) is 10.6. The van der Waals surface area contributed by atoms with Gasteiger partial charge in [0.2, 0.25) is 17.6 Å². The number of Topliss-reactive ketones (excluding diaryl/α,β-unsaturated/α-hetero) is 1. The zero-order valence-electron chi connectivity index (χ0n) is 25.1. The number of nitrogens with zero attached hydrogens (tertiary/aromatic N) is 2. The molecule has 0 spiro atoms. The average Bonchev–Trinajstić information content (AvgIpc) is 3.86. The minimum absolute atomic E-state index is 0.106. The van der Waals surface area contributed by atoms with Crippen LogP contribution in [-0.4, -0.2) is 41.8 Å². The van der Waals surface area contributed by atoms with Gasteiger partial charge >= 0.3 is 5.97 Å². The van der Waals surface area contributed by atoms with Crippen molar-refractivity contribution in [2.75, 3.05) is 12.0 Å². The average molecular weight is 678 g/mol. The standard InChI is InChI=1S/C37H29BrN2O6/c1-18(34(41)20-5-10-23(45-2)11-6-20)46-37(44)29-17-31(39-30-14-7-21(38)15-28(29)30)19-3-8-22(9-4-19)40-35(42)32-24-12-13-25(27-16-26(24)27)33(32)36(40)43/h3-15,17-18,24-27,32-33H,16H2,1-2H3. The van der Waals surface area contributed by atoms with Crippen molar-refractivity contribution < 1.29 is 28.7 Å². The molecule has 1 saturated heterocycles. The van der Waals surface area contributed by atoms with E-state index in [4.69, 9.17) is 14.5 Å². The number of methoxy groups -OCH3 is 1. The highest BCUT2D eigenvalue weighted by atomic mass is 79.9. The molecule has 3 aromatic carbocycles. The van der Waals surface area contributed by atoms with E-state index in [1.165, 1.54) is 4.90 Å². The minimum atomic E-state index is -1.03. The maximum absolute atomic E-state index is 13.6. The Hall–Kier alpha value is -4.63. The van der Waals surface area contributed by atoms with Crippen molar-refractivity contribution in [1.29, 1.82) is 0 Å². The van der Waals surface area contributed by atoms with Gasteiger partial charge in [0.05, 0.1) is 41.4 Å². The second kappa shape index (κ2) is 10.7. The number of ether oxygens (including phenoxy) is 2. The van der Waals surface area contributed by atoms with E-state index in [1.807, 2.05) is 6.07 Å². The van der Waals surface area contributed by atoms with Crippen LogP contribution in [0, 0.1) is 35.5 Å². The molecule has 7 atom stereocenters. The number of allylic oxidation sites excluding steroid dienone is 2. The molecule has 9 rings (SSSR count). The molecule has 1 aromatic heterocycles. The molecule has 8 nitrogen and oxygen atoms in total. The molecule has 0 radical (unpaired) electrons. The lowest BCUT2D eigenvalue weighted by Gasteiger charge is -2.37. The molecule has 2 amide bonds.